The molecule has 4 heteroatoms. The summed E-state index contributed by atoms with van der Waals surface area (Å²) in [4.78, 5) is 2.44. The maximum atomic E-state index is 8.96. The van der Waals surface area contributed by atoms with Gasteiger partial charge in [0.05, 0.1) is 5.71 Å². The second-order valence-electron chi connectivity index (χ2n) is 4.81. The van der Waals surface area contributed by atoms with E-state index in [1.54, 1.807) is 0 Å². The van der Waals surface area contributed by atoms with Crippen LogP contribution in [0.1, 0.15) is 25.3 Å². The van der Waals surface area contributed by atoms with Crippen molar-refractivity contribution in [1.82, 2.24) is 4.90 Å². The molecular weight excluding hydrogens is 292 g/mol. The van der Waals surface area contributed by atoms with Crippen molar-refractivity contribution in [3.05, 3.63) is 34.3 Å². The predicted octanol–water partition coefficient (Wildman–Crippen LogP) is 3.51. The van der Waals surface area contributed by atoms with Crippen LogP contribution in [0.3, 0.4) is 0 Å². The molecule has 2 rings (SSSR count). The maximum Gasteiger partial charge on any atom is 0.0627 e. The zero-order valence-electron chi connectivity index (χ0n) is 10.6. The lowest BCUT2D eigenvalue weighted by atomic mass is 9.93. The molecule has 0 amide bonds. The van der Waals surface area contributed by atoms with Crippen LogP contribution in [0.25, 0.3) is 0 Å². The van der Waals surface area contributed by atoms with Crippen LogP contribution >= 0.6 is 15.9 Å². The number of nitrogens with zero attached hydrogens (tertiary/aromatic N) is 2. The summed E-state index contributed by atoms with van der Waals surface area (Å²) in [5, 5.41) is 12.4. The molecule has 1 aliphatic heterocycles. The van der Waals surface area contributed by atoms with Crippen molar-refractivity contribution in [2.24, 2.45) is 11.1 Å². The van der Waals surface area contributed by atoms with Crippen LogP contribution in [0.15, 0.2) is 33.9 Å². The van der Waals surface area contributed by atoms with E-state index in [-0.39, 0.29) is 0 Å². The minimum Gasteiger partial charge on any atom is -0.411 e. The first-order valence-corrected chi connectivity index (χ1v) is 7.20. The first kappa shape index (κ1) is 13.6. The first-order chi connectivity index (χ1) is 8.72. The lowest BCUT2D eigenvalue weighted by Crippen LogP contribution is -2.40. The van der Waals surface area contributed by atoms with Crippen LogP contribution in [0.2, 0.25) is 0 Å². The smallest absolute Gasteiger partial charge is 0.0627 e. The number of likely N-dealkylation sites (tertiary alicyclic amines) is 1. The zero-order chi connectivity index (χ0) is 13.0. The Morgan fingerprint density at radius 2 is 2.11 bits per heavy atom. The molecule has 1 aliphatic rings. The van der Waals surface area contributed by atoms with Gasteiger partial charge in [-0.25, -0.2) is 0 Å². The molecule has 1 atom stereocenters. The molecular formula is C14H19BrN2O. The van der Waals surface area contributed by atoms with Crippen LogP contribution in [0, 0.1) is 5.92 Å². The number of rotatable bonds is 3. The summed E-state index contributed by atoms with van der Waals surface area (Å²) in [7, 11) is 0. The second kappa shape index (κ2) is 6.34. The lowest BCUT2D eigenvalue weighted by Gasteiger charge is -2.32. The van der Waals surface area contributed by atoms with E-state index in [1.807, 2.05) is 0 Å². The Morgan fingerprint density at radius 1 is 1.39 bits per heavy atom. The number of halogens is 1. The minimum absolute atomic E-state index is 0.402. The van der Waals surface area contributed by atoms with E-state index in [4.69, 9.17) is 5.21 Å². The third-order valence-electron chi connectivity index (χ3n) is 3.57. The van der Waals surface area contributed by atoms with E-state index >= 15 is 0 Å². The Bertz CT molecular complexity index is 416. The van der Waals surface area contributed by atoms with Gasteiger partial charge in [-0.15, -0.1) is 0 Å². The van der Waals surface area contributed by atoms with Gasteiger partial charge in [0, 0.05) is 36.4 Å². The quantitative estimate of drug-likeness (QED) is 0.685. The molecule has 0 aromatic heterocycles. The molecule has 1 fully saturated rings. The zero-order valence-corrected chi connectivity index (χ0v) is 12.2. The van der Waals surface area contributed by atoms with Crippen molar-refractivity contribution >= 4 is 21.6 Å². The highest BCUT2D eigenvalue weighted by Gasteiger charge is 2.24. The fraction of sp³-hybridized carbons (Fsp3) is 0.500. The van der Waals surface area contributed by atoms with E-state index in [9.17, 15) is 0 Å². The highest BCUT2D eigenvalue weighted by atomic mass is 79.9. The fourth-order valence-corrected chi connectivity index (χ4v) is 2.74. The van der Waals surface area contributed by atoms with Crippen molar-refractivity contribution in [2.75, 3.05) is 13.1 Å². The number of hydrogen-bond acceptors (Lipinski definition) is 3. The summed E-state index contributed by atoms with van der Waals surface area (Å²) in [5.41, 5.74) is 2.29. The summed E-state index contributed by atoms with van der Waals surface area (Å²) < 4.78 is 1.12. The van der Waals surface area contributed by atoms with Crippen molar-refractivity contribution in [2.45, 2.75) is 26.3 Å². The molecule has 0 spiro atoms. The highest BCUT2D eigenvalue weighted by Crippen LogP contribution is 2.20. The van der Waals surface area contributed by atoms with Crippen LogP contribution < -0.4 is 0 Å². The molecule has 1 heterocycles. The molecule has 0 radical (unpaired) electrons. The van der Waals surface area contributed by atoms with E-state index < -0.39 is 0 Å². The van der Waals surface area contributed by atoms with Crippen molar-refractivity contribution in [1.29, 1.82) is 0 Å². The van der Waals surface area contributed by atoms with Gasteiger partial charge in [-0.3, -0.25) is 4.90 Å². The van der Waals surface area contributed by atoms with E-state index in [1.165, 1.54) is 5.56 Å². The number of oxime groups is 1. The van der Waals surface area contributed by atoms with Crippen molar-refractivity contribution in [3.8, 4) is 0 Å². The molecule has 0 saturated carbocycles. The van der Waals surface area contributed by atoms with E-state index in [2.05, 4.69) is 57.2 Å². The van der Waals surface area contributed by atoms with Gasteiger partial charge >= 0.3 is 0 Å². The van der Waals surface area contributed by atoms with E-state index in [0.29, 0.717) is 5.92 Å². The SMILES string of the molecule is CCC1CN(Cc2ccc(Br)cc2)CC/C1=N\O. The topological polar surface area (TPSA) is 35.8 Å². The summed E-state index contributed by atoms with van der Waals surface area (Å²) in [6.07, 6.45) is 1.92. The van der Waals surface area contributed by atoms with Gasteiger partial charge < -0.3 is 5.21 Å². The number of benzene rings is 1. The lowest BCUT2D eigenvalue weighted by molar-refractivity contribution is 0.220. The van der Waals surface area contributed by atoms with Crippen LogP contribution in [-0.2, 0) is 6.54 Å². The molecule has 3 nitrogen and oxygen atoms in total. The third-order valence-corrected chi connectivity index (χ3v) is 4.10. The van der Waals surface area contributed by atoms with Crippen molar-refractivity contribution in [3.63, 3.8) is 0 Å². The van der Waals surface area contributed by atoms with Crippen LogP contribution in [0.5, 0.6) is 0 Å². The summed E-state index contributed by atoms with van der Waals surface area (Å²) in [5.74, 6) is 0.402. The average Bonchev–Trinajstić information content (AvgIpc) is 2.41. The Labute approximate surface area is 117 Å². The Hall–Kier alpha value is -0.870. The van der Waals surface area contributed by atoms with Crippen LogP contribution in [0.4, 0.5) is 0 Å². The van der Waals surface area contributed by atoms with Crippen molar-refractivity contribution < 1.29 is 5.21 Å². The Morgan fingerprint density at radius 3 is 2.72 bits per heavy atom. The molecule has 0 bridgehead atoms. The molecule has 0 aliphatic carbocycles. The monoisotopic (exact) mass is 310 g/mol. The van der Waals surface area contributed by atoms with Gasteiger partial charge in [0.15, 0.2) is 0 Å². The molecule has 98 valence electrons. The molecule has 18 heavy (non-hydrogen) atoms. The molecule has 1 saturated heterocycles. The average molecular weight is 311 g/mol. The summed E-state index contributed by atoms with van der Waals surface area (Å²) in [6, 6.07) is 8.47. The summed E-state index contributed by atoms with van der Waals surface area (Å²) in [6.45, 7) is 5.10. The van der Waals surface area contributed by atoms with Gasteiger partial charge in [0.1, 0.15) is 0 Å². The van der Waals surface area contributed by atoms with Crippen LogP contribution in [-0.4, -0.2) is 28.9 Å². The highest BCUT2D eigenvalue weighted by molar-refractivity contribution is 9.10. The molecule has 1 unspecified atom stereocenters. The van der Waals surface area contributed by atoms with Gasteiger partial charge in [0.25, 0.3) is 0 Å². The second-order valence-corrected chi connectivity index (χ2v) is 5.72. The number of hydrogen-bond donors (Lipinski definition) is 1. The predicted molar refractivity (Wildman–Crippen MR) is 77.0 cm³/mol. The third kappa shape index (κ3) is 3.33. The summed E-state index contributed by atoms with van der Waals surface area (Å²) >= 11 is 3.45. The minimum atomic E-state index is 0.402. The normalized spacial score (nSPS) is 23.4. The maximum absolute atomic E-state index is 8.96. The molecule has 1 aromatic carbocycles. The standard InChI is InChI=1S/C14H19BrN2O/c1-2-12-10-17(8-7-14(12)16-18)9-11-3-5-13(15)6-4-11/h3-6,12,18H,2,7-10H2,1H3/b16-14+. The Kier molecular flexibility index (Phi) is 4.78. The fourth-order valence-electron chi connectivity index (χ4n) is 2.47. The molecule has 1 N–H and O–H groups in total. The van der Waals surface area contributed by atoms with Gasteiger partial charge in [0.2, 0.25) is 0 Å². The Balaban J connectivity index is 1.97. The van der Waals surface area contributed by atoms with E-state index in [0.717, 1.165) is 42.7 Å². The van der Waals surface area contributed by atoms with Gasteiger partial charge in [-0.05, 0) is 24.1 Å². The largest absolute Gasteiger partial charge is 0.411 e. The van der Waals surface area contributed by atoms with Gasteiger partial charge in [-0.2, -0.15) is 0 Å². The van der Waals surface area contributed by atoms with Gasteiger partial charge in [-0.1, -0.05) is 40.1 Å². The number of piperidine rings is 1. The molecule has 1 aromatic rings. The first-order valence-electron chi connectivity index (χ1n) is 6.40.